The molecule has 2 rings (SSSR count). The normalized spacial score (nSPS) is 10.1. The fourth-order valence-electron chi connectivity index (χ4n) is 1.94. The third-order valence-electron chi connectivity index (χ3n) is 3.06. The maximum Gasteiger partial charge on any atom is 0.339 e. The molecule has 0 fully saturated rings. The molecule has 0 aliphatic heterocycles. The summed E-state index contributed by atoms with van der Waals surface area (Å²) in [7, 11) is 2.87. The first-order valence-electron chi connectivity index (χ1n) is 6.55. The van der Waals surface area contributed by atoms with Gasteiger partial charge in [0.1, 0.15) is 11.5 Å². The van der Waals surface area contributed by atoms with Gasteiger partial charge in [-0.2, -0.15) is 0 Å². The topological polar surface area (TPSA) is 59.5 Å². The van der Waals surface area contributed by atoms with Crippen LogP contribution >= 0.6 is 0 Å². The number of hydrogen-bond donors (Lipinski definition) is 0. The van der Waals surface area contributed by atoms with Crippen molar-refractivity contribution in [3.63, 3.8) is 0 Å². The second-order valence-electron chi connectivity index (χ2n) is 4.71. The van der Waals surface area contributed by atoms with Gasteiger partial charge >= 0.3 is 5.97 Å². The van der Waals surface area contributed by atoms with Crippen molar-refractivity contribution in [1.29, 1.82) is 0 Å². The fourth-order valence-corrected chi connectivity index (χ4v) is 1.94. The number of aromatic nitrogens is 1. The molecule has 0 bridgehead atoms. The van der Waals surface area contributed by atoms with Crippen LogP contribution in [0, 0.1) is 5.82 Å². The molecule has 1 amide bonds. The first kappa shape index (κ1) is 15.6. The van der Waals surface area contributed by atoms with E-state index in [1.165, 1.54) is 42.5 Å². The minimum Gasteiger partial charge on any atom is -0.465 e. The third kappa shape index (κ3) is 3.66. The molecule has 0 spiro atoms. The number of carbonyl (C=O) groups excluding carboxylic acids is 2. The number of nitrogens with zero attached hydrogens (tertiary/aromatic N) is 2. The molecule has 1 heterocycles. The van der Waals surface area contributed by atoms with Crippen LogP contribution in [0.5, 0.6) is 0 Å². The lowest BCUT2D eigenvalue weighted by atomic mass is 10.2. The Morgan fingerprint density at radius 1 is 1.27 bits per heavy atom. The molecule has 6 heteroatoms. The number of pyridine rings is 1. The van der Waals surface area contributed by atoms with Gasteiger partial charge < -0.3 is 9.64 Å². The highest BCUT2D eigenvalue weighted by atomic mass is 19.1. The van der Waals surface area contributed by atoms with Gasteiger partial charge in [-0.15, -0.1) is 0 Å². The Hall–Kier alpha value is -2.76. The van der Waals surface area contributed by atoms with Crippen LogP contribution in [0.2, 0.25) is 0 Å². The number of carbonyl (C=O) groups is 2. The zero-order valence-corrected chi connectivity index (χ0v) is 12.2. The molecule has 1 aromatic heterocycles. The number of halogens is 1. The van der Waals surface area contributed by atoms with E-state index in [1.54, 1.807) is 19.2 Å². The molecule has 0 N–H and O–H groups in total. The van der Waals surface area contributed by atoms with E-state index in [4.69, 9.17) is 0 Å². The molecule has 2 aromatic rings. The smallest absolute Gasteiger partial charge is 0.339 e. The molecule has 0 aliphatic rings. The van der Waals surface area contributed by atoms with Crippen LogP contribution in [0.15, 0.2) is 42.6 Å². The summed E-state index contributed by atoms with van der Waals surface area (Å²) < 4.78 is 17.7. The summed E-state index contributed by atoms with van der Waals surface area (Å²) in [5, 5.41) is 0. The number of benzene rings is 1. The van der Waals surface area contributed by atoms with Gasteiger partial charge in [-0.25, -0.2) is 9.18 Å². The molecule has 5 nitrogen and oxygen atoms in total. The summed E-state index contributed by atoms with van der Waals surface area (Å²) in [5.74, 6) is -1.18. The van der Waals surface area contributed by atoms with Gasteiger partial charge in [0.2, 0.25) is 0 Å². The second-order valence-corrected chi connectivity index (χ2v) is 4.71. The van der Waals surface area contributed by atoms with E-state index in [0.29, 0.717) is 5.56 Å². The first-order chi connectivity index (χ1) is 10.5. The molecular formula is C16H15FN2O3. The highest BCUT2D eigenvalue weighted by molar-refractivity contribution is 5.94. The average molecular weight is 302 g/mol. The van der Waals surface area contributed by atoms with Crippen molar-refractivity contribution in [3.05, 3.63) is 65.2 Å². The van der Waals surface area contributed by atoms with Gasteiger partial charge in [0.05, 0.1) is 12.7 Å². The lowest BCUT2D eigenvalue weighted by Crippen LogP contribution is -2.27. The van der Waals surface area contributed by atoms with Crippen LogP contribution in [-0.2, 0) is 11.3 Å². The molecule has 22 heavy (non-hydrogen) atoms. The summed E-state index contributed by atoms with van der Waals surface area (Å²) in [5.41, 5.74) is 1.15. The molecule has 0 aliphatic carbocycles. The van der Waals surface area contributed by atoms with Gasteiger partial charge in [-0.05, 0) is 29.8 Å². The number of methoxy groups -OCH3 is 1. The van der Waals surface area contributed by atoms with Crippen LogP contribution < -0.4 is 0 Å². The van der Waals surface area contributed by atoms with E-state index >= 15 is 0 Å². The van der Waals surface area contributed by atoms with Crippen molar-refractivity contribution in [2.45, 2.75) is 6.54 Å². The van der Waals surface area contributed by atoms with Crippen LogP contribution in [0.25, 0.3) is 0 Å². The quantitative estimate of drug-likeness (QED) is 0.813. The number of ether oxygens (including phenoxy) is 1. The minimum atomic E-state index is -0.514. The molecule has 114 valence electrons. The maximum absolute atomic E-state index is 13.1. The van der Waals surface area contributed by atoms with Crippen molar-refractivity contribution in [2.75, 3.05) is 14.2 Å². The molecule has 0 unspecified atom stereocenters. The molecule has 0 radical (unpaired) electrons. The molecule has 1 aromatic carbocycles. The van der Waals surface area contributed by atoms with E-state index in [1.807, 2.05) is 0 Å². The average Bonchev–Trinajstić information content (AvgIpc) is 2.53. The van der Waals surface area contributed by atoms with Crippen LogP contribution in [0.3, 0.4) is 0 Å². The van der Waals surface area contributed by atoms with Crippen molar-refractivity contribution in [3.8, 4) is 0 Å². The Kier molecular flexibility index (Phi) is 4.83. The van der Waals surface area contributed by atoms with Gasteiger partial charge in [0, 0.05) is 19.8 Å². The number of esters is 1. The zero-order valence-electron chi connectivity index (χ0n) is 12.2. The van der Waals surface area contributed by atoms with Gasteiger partial charge in [0.25, 0.3) is 5.91 Å². The Morgan fingerprint density at radius 3 is 2.64 bits per heavy atom. The maximum atomic E-state index is 13.1. The Labute approximate surface area is 127 Å². The number of amides is 1. The van der Waals surface area contributed by atoms with E-state index in [0.717, 1.165) is 0 Å². The summed E-state index contributed by atoms with van der Waals surface area (Å²) >= 11 is 0. The third-order valence-corrected chi connectivity index (χ3v) is 3.06. The van der Waals surface area contributed by atoms with Crippen molar-refractivity contribution >= 4 is 11.9 Å². The number of hydrogen-bond acceptors (Lipinski definition) is 4. The second kappa shape index (κ2) is 6.80. The SMILES string of the molecule is COC(=O)c1ccc(C(=O)N(C)Cc2cccc(F)c2)nc1. The van der Waals surface area contributed by atoms with Crippen molar-refractivity contribution in [2.24, 2.45) is 0 Å². The predicted octanol–water partition coefficient (Wildman–Crippen LogP) is 2.28. The first-order valence-corrected chi connectivity index (χ1v) is 6.55. The van der Waals surface area contributed by atoms with Crippen molar-refractivity contribution in [1.82, 2.24) is 9.88 Å². The monoisotopic (exact) mass is 302 g/mol. The van der Waals surface area contributed by atoms with Crippen LogP contribution in [0.1, 0.15) is 26.4 Å². The lowest BCUT2D eigenvalue weighted by Gasteiger charge is -2.16. The number of rotatable bonds is 4. The molecular weight excluding hydrogens is 287 g/mol. The highest BCUT2D eigenvalue weighted by Crippen LogP contribution is 2.09. The molecule has 0 saturated carbocycles. The molecule has 0 saturated heterocycles. The van der Waals surface area contributed by atoms with Crippen LogP contribution in [0.4, 0.5) is 4.39 Å². The summed E-state index contributed by atoms with van der Waals surface area (Å²) in [6.45, 7) is 0.261. The van der Waals surface area contributed by atoms with Gasteiger partial charge in [-0.3, -0.25) is 9.78 Å². The minimum absolute atomic E-state index is 0.201. The fraction of sp³-hybridized carbons (Fsp3) is 0.188. The zero-order chi connectivity index (χ0) is 16.1. The van der Waals surface area contributed by atoms with Gasteiger partial charge in [0.15, 0.2) is 0 Å². The van der Waals surface area contributed by atoms with E-state index in [9.17, 15) is 14.0 Å². The highest BCUT2D eigenvalue weighted by Gasteiger charge is 2.15. The molecule has 0 atom stereocenters. The Bertz CT molecular complexity index is 686. The van der Waals surface area contributed by atoms with E-state index in [2.05, 4.69) is 9.72 Å². The van der Waals surface area contributed by atoms with E-state index < -0.39 is 5.97 Å². The van der Waals surface area contributed by atoms with Gasteiger partial charge in [-0.1, -0.05) is 12.1 Å². The Balaban J connectivity index is 2.08. The predicted molar refractivity (Wildman–Crippen MR) is 77.8 cm³/mol. The summed E-state index contributed by atoms with van der Waals surface area (Å²) in [6.07, 6.45) is 1.29. The summed E-state index contributed by atoms with van der Waals surface area (Å²) in [4.78, 5) is 28.9. The largest absolute Gasteiger partial charge is 0.465 e. The van der Waals surface area contributed by atoms with Crippen LogP contribution in [-0.4, -0.2) is 35.9 Å². The Morgan fingerprint density at radius 2 is 2.05 bits per heavy atom. The van der Waals surface area contributed by atoms with E-state index in [-0.39, 0.29) is 29.5 Å². The van der Waals surface area contributed by atoms with Crippen molar-refractivity contribution < 1.29 is 18.7 Å². The lowest BCUT2D eigenvalue weighted by molar-refractivity contribution is 0.0599. The summed E-state index contributed by atoms with van der Waals surface area (Å²) in [6, 6.07) is 8.97. The standard InChI is InChI=1S/C16H15FN2O3/c1-19(10-11-4-3-5-13(17)8-11)15(20)14-7-6-12(9-18-14)16(21)22-2/h3-9H,10H2,1-2H3.